The van der Waals surface area contributed by atoms with Crippen molar-refractivity contribution < 1.29 is 14.3 Å². The van der Waals surface area contributed by atoms with Gasteiger partial charge in [0.1, 0.15) is 16.7 Å². The Morgan fingerprint density at radius 1 is 1.53 bits per heavy atom. The number of hydrogen-bond acceptors (Lipinski definition) is 3. The molecule has 1 aromatic heterocycles. The molecule has 3 rings (SSSR count). The average molecular weight is 277 g/mol. The maximum Gasteiger partial charge on any atom is 0.312 e. The van der Waals surface area contributed by atoms with E-state index in [0.29, 0.717) is 22.7 Å². The quantitative estimate of drug-likeness (QED) is 0.915. The molecule has 1 unspecified atom stereocenters. The number of nitrogens with zero attached hydrogens (tertiary/aromatic N) is 1. The van der Waals surface area contributed by atoms with E-state index >= 15 is 0 Å². The summed E-state index contributed by atoms with van der Waals surface area (Å²) in [7, 11) is 0. The molecule has 0 saturated carbocycles. The molecule has 3 nitrogen and oxygen atoms in total. The summed E-state index contributed by atoms with van der Waals surface area (Å²) in [6, 6.07) is 5.00. The molecule has 1 heterocycles. The van der Waals surface area contributed by atoms with E-state index in [1.165, 1.54) is 17.4 Å². The number of carboxylic acid groups (broad SMARTS) is 1. The Bertz CT molecular complexity index is 665. The fourth-order valence-electron chi connectivity index (χ4n) is 2.38. The molecule has 1 N–H and O–H groups in total. The molecule has 1 aliphatic carbocycles. The lowest BCUT2D eigenvalue weighted by Crippen LogP contribution is -2.08. The highest BCUT2D eigenvalue weighted by molar-refractivity contribution is 7.15. The molecule has 1 atom stereocenters. The highest BCUT2D eigenvalue weighted by atomic mass is 32.1. The van der Waals surface area contributed by atoms with Gasteiger partial charge in [0, 0.05) is 10.4 Å². The molecular weight excluding hydrogens is 265 g/mol. The Hall–Kier alpha value is -1.75. The molecule has 0 bridgehead atoms. The minimum atomic E-state index is -0.847. The van der Waals surface area contributed by atoms with E-state index < -0.39 is 11.9 Å². The number of hydrogen-bond donors (Lipinski definition) is 1. The van der Waals surface area contributed by atoms with E-state index in [9.17, 15) is 9.18 Å². The summed E-state index contributed by atoms with van der Waals surface area (Å²) in [5, 5.41) is 9.70. The fraction of sp³-hybridized carbons (Fsp3) is 0.286. The lowest BCUT2D eigenvalue weighted by molar-refractivity contribution is -0.138. The van der Waals surface area contributed by atoms with Crippen molar-refractivity contribution in [1.82, 2.24) is 4.98 Å². The van der Waals surface area contributed by atoms with Crippen molar-refractivity contribution in [2.24, 2.45) is 0 Å². The molecule has 5 heteroatoms. The first-order chi connectivity index (χ1) is 9.06. The van der Waals surface area contributed by atoms with Crippen molar-refractivity contribution in [3.8, 4) is 10.6 Å². The van der Waals surface area contributed by atoms with Gasteiger partial charge in [-0.15, -0.1) is 11.3 Å². The van der Waals surface area contributed by atoms with E-state index in [1.54, 1.807) is 6.07 Å². The van der Waals surface area contributed by atoms with Gasteiger partial charge in [0.15, 0.2) is 0 Å². The van der Waals surface area contributed by atoms with Gasteiger partial charge in [-0.3, -0.25) is 4.79 Å². The maximum absolute atomic E-state index is 13.9. The Balaban J connectivity index is 2.04. The highest BCUT2D eigenvalue weighted by Gasteiger charge is 2.32. The number of aliphatic carboxylic acids is 1. The molecule has 0 radical (unpaired) electrons. The lowest BCUT2D eigenvalue weighted by Gasteiger charge is -2.03. The van der Waals surface area contributed by atoms with Crippen LogP contribution in [0.2, 0.25) is 0 Å². The molecule has 0 amide bonds. The normalized spacial score (nSPS) is 17.5. The first-order valence-corrected chi connectivity index (χ1v) is 6.87. The molecule has 1 aromatic carbocycles. The second-order valence-corrected chi connectivity index (χ2v) is 5.82. The van der Waals surface area contributed by atoms with Gasteiger partial charge in [0.25, 0.3) is 0 Å². The number of aryl methyl sites for hydroxylation is 2. The molecule has 98 valence electrons. The van der Waals surface area contributed by atoms with E-state index in [2.05, 4.69) is 4.98 Å². The minimum Gasteiger partial charge on any atom is -0.481 e. The third kappa shape index (κ3) is 2.04. The largest absolute Gasteiger partial charge is 0.481 e. The average Bonchev–Trinajstić information content (AvgIpc) is 2.87. The SMILES string of the molecule is Cc1ccc(-c2nc3c(s2)CCC3C(=O)O)c(F)c1. The predicted molar refractivity (Wildman–Crippen MR) is 70.9 cm³/mol. The number of benzene rings is 1. The molecule has 19 heavy (non-hydrogen) atoms. The molecular formula is C14H12FNO2S. The van der Waals surface area contributed by atoms with Crippen LogP contribution < -0.4 is 0 Å². The van der Waals surface area contributed by atoms with Gasteiger partial charge >= 0.3 is 5.97 Å². The van der Waals surface area contributed by atoms with Gasteiger partial charge < -0.3 is 5.11 Å². The molecule has 0 aliphatic heterocycles. The second-order valence-electron chi connectivity index (χ2n) is 4.74. The first kappa shape index (κ1) is 12.3. The van der Waals surface area contributed by atoms with Gasteiger partial charge in [-0.1, -0.05) is 6.07 Å². The first-order valence-electron chi connectivity index (χ1n) is 6.05. The summed E-state index contributed by atoms with van der Waals surface area (Å²) >= 11 is 1.40. The van der Waals surface area contributed by atoms with Crippen LogP contribution in [-0.2, 0) is 11.2 Å². The lowest BCUT2D eigenvalue weighted by atomic mass is 10.1. The van der Waals surface area contributed by atoms with Crippen LogP contribution in [0, 0.1) is 12.7 Å². The summed E-state index contributed by atoms with van der Waals surface area (Å²) in [6.07, 6.45) is 1.32. The maximum atomic E-state index is 13.9. The zero-order chi connectivity index (χ0) is 13.6. The third-order valence-electron chi connectivity index (χ3n) is 3.37. The topological polar surface area (TPSA) is 50.2 Å². The van der Waals surface area contributed by atoms with E-state index in [4.69, 9.17) is 5.11 Å². The van der Waals surface area contributed by atoms with Crippen molar-refractivity contribution in [2.45, 2.75) is 25.7 Å². The van der Waals surface area contributed by atoms with Crippen LogP contribution >= 0.6 is 11.3 Å². The number of rotatable bonds is 2. The molecule has 2 aromatic rings. The standard InChI is InChI=1S/C14H12FNO2S/c1-7-2-3-8(10(15)6-7)13-16-12-9(14(17)18)4-5-11(12)19-13/h2-3,6,9H,4-5H2,1H3,(H,17,18). The summed E-state index contributed by atoms with van der Waals surface area (Å²) in [5.74, 6) is -1.69. The van der Waals surface area contributed by atoms with E-state index in [1.807, 2.05) is 13.0 Å². The van der Waals surface area contributed by atoms with Crippen LogP contribution in [0.25, 0.3) is 10.6 Å². The number of aromatic nitrogens is 1. The summed E-state index contributed by atoms with van der Waals surface area (Å²) in [6.45, 7) is 1.83. The van der Waals surface area contributed by atoms with E-state index in [0.717, 1.165) is 16.9 Å². The zero-order valence-corrected chi connectivity index (χ0v) is 11.1. The minimum absolute atomic E-state index is 0.306. The van der Waals surface area contributed by atoms with Crippen molar-refractivity contribution in [1.29, 1.82) is 0 Å². The monoisotopic (exact) mass is 277 g/mol. The van der Waals surface area contributed by atoms with Crippen molar-refractivity contribution in [3.63, 3.8) is 0 Å². The molecule has 1 aliphatic rings. The van der Waals surface area contributed by atoms with Crippen LogP contribution in [0.3, 0.4) is 0 Å². The van der Waals surface area contributed by atoms with Gasteiger partial charge in [0.2, 0.25) is 0 Å². The smallest absolute Gasteiger partial charge is 0.312 e. The van der Waals surface area contributed by atoms with Gasteiger partial charge in [0.05, 0.1) is 5.69 Å². The fourth-order valence-corrected chi connectivity index (χ4v) is 3.54. The number of carboxylic acids is 1. The van der Waals surface area contributed by atoms with Gasteiger partial charge in [-0.05, 0) is 37.5 Å². The highest BCUT2D eigenvalue weighted by Crippen LogP contribution is 2.40. The molecule has 0 saturated heterocycles. The Morgan fingerprint density at radius 2 is 2.32 bits per heavy atom. The zero-order valence-electron chi connectivity index (χ0n) is 10.3. The Labute approximate surface area is 113 Å². The van der Waals surface area contributed by atoms with Crippen LogP contribution in [0.4, 0.5) is 4.39 Å². The van der Waals surface area contributed by atoms with Crippen LogP contribution in [0.15, 0.2) is 18.2 Å². The van der Waals surface area contributed by atoms with Gasteiger partial charge in [-0.25, -0.2) is 9.37 Å². The molecule has 0 spiro atoms. The van der Waals surface area contributed by atoms with Crippen LogP contribution in [0.5, 0.6) is 0 Å². The van der Waals surface area contributed by atoms with Crippen molar-refractivity contribution >= 4 is 17.3 Å². The summed E-state index contributed by atoms with van der Waals surface area (Å²) in [5.41, 5.74) is 1.93. The number of fused-ring (bicyclic) bond motifs is 1. The number of thiazole rings is 1. The van der Waals surface area contributed by atoms with Crippen molar-refractivity contribution in [2.75, 3.05) is 0 Å². The van der Waals surface area contributed by atoms with Crippen molar-refractivity contribution in [3.05, 3.63) is 40.2 Å². The second kappa shape index (κ2) is 4.42. The van der Waals surface area contributed by atoms with Crippen LogP contribution in [-0.4, -0.2) is 16.1 Å². The number of halogens is 1. The predicted octanol–water partition coefficient (Wildman–Crippen LogP) is 3.37. The Morgan fingerprint density at radius 3 is 3.00 bits per heavy atom. The Kier molecular flexibility index (Phi) is 2.86. The summed E-state index contributed by atoms with van der Waals surface area (Å²) in [4.78, 5) is 16.4. The number of carbonyl (C=O) groups is 1. The van der Waals surface area contributed by atoms with E-state index in [-0.39, 0.29) is 5.82 Å². The third-order valence-corrected chi connectivity index (χ3v) is 4.54. The van der Waals surface area contributed by atoms with Crippen LogP contribution in [0.1, 0.15) is 28.5 Å². The molecule has 0 fully saturated rings. The van der Waals surface area contributed by atoms with Gasteiger partial charge in [-0.2, -0.15) is 0 Å². The summed E-state index contributed by atoms with van der Waals surface area (Å²) < 4.78 is 13.9.